The van der Waals surface area contributed by atoms with Gasteiger partial charge in [0.25, 0.3) is 5.69 Å². The predicted octanol–water partition coefficient (Wildman–Crippen LogP) is 2.86. The van der Waals surface area contributed by atoms with Crippen LogP contribution in [0.4, 0.5) is 18.9 Å². The molecule has 1 atom stereocenters. The van der Waals surface area contributed by atoms with E-state index in [0.29, 0.717) is 11.8 Å². The Balaban J connectivity index is 2.77. The summed E-state index contributed by atoms with van der Waals surface area (Å²) in [5.41, 5.74) is -3.65. The summed E-state index contributed by atoms with van der Waals surface area (Å²) in [4.78, 5) is 12.2. The van der Waals surface area contributed by atoms with Gasteiger partial charge < -0.3 is 5.11 Å². The zero-order valence-electron chi connectivity index (χ0n) is 9.22. The lowest BCUT2D eigenvalue weighted by molar-refractivity contribution is -0.384. The molecule has 0 aliphatic carbocycles. The van der Waals surface area contributed by atoms with Gasteiger partial charge in [-0.1, -0.05) is 0 Å². The monoisotopic (exact) mass is 292 g/mol. The number of nitro benzene ring substituents is 1. The van der Waals surface area contributed by atoms with E-state index in [-0.39, 0.29) is 10.6 Å². The molecule has 1 rings (SSSR count). The van der Waals surface area contributed by atoms with E-state index in [2.05, 4.69) is 4.85 Å². The highest BCUT2D eigenvalue weighted by molar-refractivity contribution is 7.99. The fourth-order valence-electron chi connectivity index (χ4n) is 1.03. The molecule has 1 N–H and O–H groups in total. The first kappa shape index (κ1) is 15.3. The van der Waals surface area contributed by atoms with Gasteiger partial charge in [-0.15, -0.1) is 11.8 Å². The summed E-state index contributed by atoms with van der Waals surface area (Å²) in [7, 11) is 0. The summed E-state index contributed by atoms with van der Waals surface area (Å²) in [6.45, 7) is 6.42. The van der Waals surface area contributed by atoms with Gasteiger partial charge in [0, 0.05) is 17.0 Å². The van der Waals surface area contributed by atoms with Gasteiger partial charge in [-0.3, -0.25) is 15.0 Å². The van der Waals surface area contributed by atoms with Gasteiger partial charge in [0.1, 0.15) is 5.75 Å². The standard InChI is InChI=1S/C10H7F3N2O3S/c1-14-9(16,10(11,12)13)6-19-8-4-2-7(3-5-8)15(17)18/h2-5,16H,6H2. The van der Waals surface area contributed by atoms with E-state index in [4.69, 9.17) is 11.7 Å². The Morgan fingerprint density at radius 3 is 2.26 bits per heavy atom. The number of hydrogen-bond donors (Lipinski definition) is 1. The van der Waals surface area contributed by atoms with Gasteiger partial charge in [-0.05, 0) is 12.1 Å². The molecule has 5 nitrogen and oxygen atoms in total. The number of non-ortho nitro benzene ring substituents is 1. The molecule has 0 aliphatic heterocycles. The lowest BCUT2D eigenvalue weighted by atomic mass is 10.3. The maximum absolute atomic E-state index is 12.4. The number of thioether (sulfide) groups is 1. The molecule has 19 heavy (non-hydrogen) atoms. The highest BCUT2D eigenvalue weighted by Gasteiger charge is 2.61. The number of alkyl halides is 3. The van der Waals surface area contributed by atoms with Gasteiger partial charge in [0.05, 0.1) is 4.92 Å². The second kappa shape index (κ2) is 5.46. The number of nitrogens with zero attached hydrogens (tertiary/aromatic N) is 2. The van der Waals surface area contributed by atoms with Crippen molar-refractivity contribution in [2.45, 2.75) is 16.8 Å². The minimum absolute atomic E-state index is 0.194. The van der Waals surface area contributed by atoms with E-state index in [1.165, 1.54) is 12.1 Å². The number of halogens is 3. The molecule has 1 unspecified atom stereocenters. The molecule has 0 radical (unpaired) electrons. The van der Waals surface area contributed by atoms with Crippen molar-refractivity contribution in [3.05, 3.63) is 45.8 Å². The van der Waals surface area contributed by atoms with Crippen molar-refractivity contribution in [1.29, 1.82) is 0 Å². The molecule has 0 aliphatic rings. The molecule has 0 saturated carbocycles. The molecule has 9 heteroatoms. The average Bonchev–Trinajstić information content (AvgIpc) is 2.35. The zero-order chi connectivity index (χ0) is 14.7. The van der Waals surface area contributed by atoms with Crippen molar-refractivity contribution in [3.63, 3.8) is 0 Å². The molecular weight excluding hydrogens is 285 g/mol. The number of benzene rings is 1. The zero-order valence-corrected chi connectivity index (χ0v) is 10.0. The molecule has 0 fully saturated rings. The van der Waals surface area contributed by atoms with Crippen LogP contribution in [0.15, 0.2) is 29.2 Å². The summed E-state index contributed by atoms with van der Waals surface area (Å²) < 4.78 is 37.2. The molecule has 102 valence electrons. The van der Waals surface area contributed by atoms with E-state index in [1.54, 1.807) is 0 Å². The van der Waals surface area contributed by atoms with Crippen molar-refractivity contribution in [2.75, 3.05) is 5.75 Å². The first-order chi connectivity index (χ1) is 8.69. The lowest BCUT2D eigenvalue weighted by Crippen LogP contribution is -2.44. The summed E-state index contributed by atoms with van der Waals surface area (Å²) in [6.07, 6.45) is -5.05. The summed E-state index contributed by atoms with van der Waals surface area (Å²) in [5.74, 6) is -0.905. The fourth-order valence-corrected chi connectivity index (χ4v) is 1.95. The predicted molar refractivity (Wildman–Crippen MR) is 61.4 cm³/mol. The van der Waals surface area contributed by atoms with Crippen LogP contribution in [0.5, 0.6) is 0 Å². The van der Waals surface area contributed by atoms with Crippen LogP contribution in [0.2, 0.25) is 0 Å². The number of rotatable bonds is 4. The van der Waals surface area contributed by atoms with Gasteiger partial charge in [0.2, 0.25) is 0 Å². The Kier molecular flexibility index (Phi) is 4.39. The van der Waals surface area contributed by atoms with Gasteiger partial charge in [0.15, 0.2) is 0 Å². The van der Waals surface area contributed by atoms with Crippen LogP contribution in [-0.4, -0.2) is 27.7 Å². The second-order valence-corrected chi connectivity index (χ2v) is 4.51. The van der Waals surface area contributed by atoms with Gasteiger partial charge in [-0.2, -0.15) is 13.2 Å². The molecule has 1 aromatic rings. The summed E-state index contributed by atoms with van der Waals surface area (Å²) >= 11 is 0.593. The van der Waals surface area contributed by atoms with E-state index in [1.807, 2.05) is 0 Å². The Labute approximate surface area is 110 Å². The van der Waals surface area contributed by atoms with Crippen LogP contribution in [0, 0.1) is 16.7 Å². The molecule has 0 spiro atoms. The van der Waals surface area contributed by atoms with Crippen LogP contribution >= 0.6 is 11.8 Å². The van der Waals surface area contributed by atoms with Crippen LogP contribution in [0.1, 0.15) is 0 Å². The van der Waals surface area contributed by atoms with Crippen molar-refractivity contribution in [1.82, 2.24) is 0 Å². The van der Waals surface area contributed by atoms with Gasteiger partial charge in [-0.25, -0.2) is 6.57 Å². The molecule has 1 aromatic carbocycles. The van der Waals surface area contributed by atoms with Crippen molar-refractivity contribution in [2.24, 2.45) is 0 Å². The van der Waals surface area contributed by atoms with Crippen LogP contribution in [-0.2, 0) is 0 Å². The van der Waals surface area contributed by atoms with Crippen LogP contribution in [0.3, 0.4) is 0 Å². The van der Waals surface area contributed by atoms with Crippen LogP contribution in [0.25, 0.3) is 4.85 Å². The van der Waals surface area contributed by atoms with Crippen molar-refractivity contribution in [3.8, 4) is 0 Å². The van der Waals surface area contributed by atoms with Gasteiger partial charge >= 0.3 is 11.9 Å². The molecule has 0 aromatic heterocycles. The Morgan fingerprint density at radius 2 is 1.89 bits per heavy atom. The Bertz CT molecular complexity index is 512. The third kappa shape index (κ3) is 3.59. The van der Waals surface area contributed by atoms with E-state index >= 15 is 0 Å². The third-order valence-electron chi connectivity index (χ3n) is 2.13. The molecule has 0 bridgehead atoms. The fraction of sp³-hybridized carbons (Fsp3) is 0.300. The maximum atomic E-state index is 12.4. The Hall–Kier alpha value is -1.79. The largest absolute Gasteiger partial charge is 0.499 e. The average molecular weight is 292 g/mol. The van der Waals surface area contributed by atoms with E-state index < -0.39 is 22.6 Å². The Morgan fingerprint density at radius 1 is 1.37 bits per heavy atom. The minimum Gasteiger partial charge on any atom is -0.316 e. The normalized spacial score (nSPS) is 14.5. The van der Waals surface area contributed by atoms with E-state index in [0.717, 1.165) is 12.1 Å². The quantitative estimate of drug-likeness (QED) is 0.401. The summed E-state index contributed by atoms with van der Waals surface area (Å²) in [6, 6.07) is 4.77. The minimum atomic E-state index is -5.05. The molecule has 0 saturated heterocycles. The third-order valence-corrected chi connectivity index (χ3v) is 3.28. The first-order valence-corrected chi connectivity index (χ1v) is 5.73. The second-order valence-electron chi connectivity index (χ2n) is 3.47. The number of aliphatic hydroxyl groups is 1. The van der Waals surface area contributed by atoms with Crippen molar-refractivity contribution < 1.29 is 23.2 Å². The summed E-state index contributed by atoms with van der Waals surface area (Å²) in [5, 5.41) is 19.5. The van der Waals surface area contributed by atoms with Crippen LogP contribution < -0.4 is 0 Å². The maximum Gasteiger partial charge on any atom is 0.499 e. The molecule has 0 heterocycles. The lowest BCUT2D eigenvalue weighted by Gasteiger charge is -2.17. The highest BCUT2D eigenvalue weighted by atomic mass is 32.2. The molecule has 0 amide bonds. The first-order valence-electron chi connectivity index (χ1n) is 4.74. The topological polar surface area (TPSA) is 67.7 Å². The molecular formula is C10H7F3N2O3S. The SMILES string of the molecule is [C-]#[N+]C(O)(CSc1ccc([N+](=O)[O-])cc1)C(F)(F)F. The van der Waals surface area contributed by atoms with Crippen molar-refractivity contribution >= 4 is 17.4 Å². The highest BCUT2D eigenvalue weighted by Crippen LogP contribution is 2.36. The smallest absolute Gasteiger partial charge is 0.316 e. The van der Waals surface area contributed by atoms with E-state index in [9.17, 15) is 23.3 Å². The number of nitro groups is 1. The number of hydrogen-bond acceptors (Lipinski definition) is 4.